The highest BCUT2D eigenvalue weighted by atomic mass is 35.5. The van der Waals surface area contributed by atoms with Crippen LogP contribution in [0.3, 0.4) is 0 Å². The first-order chi connectivity index (χ1) is 22.1. The predicted octanol–water partition coefficient (Wildman–Crippen LogP) is 6.59. The molecule has 2 atom stereocenters. The van der Waals surface area contributed by atoms with Crippen molar-refractivity contribution in [2.24, 2.45) is 0 Å². The monoisotopic (exact) mass is 644 g/mol. The topological polar surface area (TPSA) is 94.8 Å². The summed E-state index contributed by atoms with van der Waals surface area (Å²) in [5, 5.41) is 0.539. The number of aromatic nitrogens is 4. The number of rotatable bonds is 9. The summed E-state index contributed by atoms with van der Waals surface area (Å²) in [6.07, 6.45) is 5.40. The molecular weight excluding hydrogens is 604 g/mol. The van der Waals surface area contributed by atoms with Crippen LogP contribution < -0.4 is 9.47 Å². The van der Waals surface area contributed by atoms with E-state index in [4.69, 9.17) is 30.8 Å². The van der Waals surface area contributed by atoms with Crippen LogP contribution in [0.2, 0.25) is 5.02 Å². The number of piperazine rings is 1. The minimum atomic E-state index is -0.493. The van der Waals surface area contributed by atoms with Gasteiger partial charge < -0.3 is 23.7 Å². The zero-order valence-electron chi connectivity index (χ0n) is 26.9. The lowest BCUT2D eigenvalue weighted by Crippen LogP contribution is -2.64. The molecule has 2 aromatic heterocycles. The first kappa shape index (κ1) is 30.7. The Morgan fingerprint density at radius 3 is 2.52 bits per heavy atom. The number of imidazole rings is 1. The molecule has 0 unspecified atom stereocenters. The van der Waals surface area contributed by atoms with Crippen LogP contribution in [0, 0.1) is 0 Å². The molecule has 8 rings (SSSR count). The van der Waals surface area contributed by atoms with Gasteiger partial charge >= 0.3 is 6.09 Å². The number of amides is 1. The van der Waals surface area contributed by atoms with E-state index < -0.39 is 5.60 Å². The number of carbonyl (C=O) groups is 1. The van der Waals surface area contributed by atoms with Crippen molar-refractivity contribution in [3.05, 3.63) is 65.4 Å². The fourth-order valence-electron chi connectivity index (χ4n) is 6.40. The fraction of sp³-hybridized carbons (Fsp3) is 0.486. The smallest absolute Gasteiger partial charge is 0.410 e. The molecule has 2 aromatic carbocycles. The zero-order chi connectivity index (χ0) is 32.1. The molecule has 11 heteroatoms. The average molecular weight is 645 g/mol. The molecule has 0 radical (unpaired) electrons. The van der Waals surface area contributed by atoms with Gasteiger partial charge in [-0.2, -0.15) is 4.98 Å². The highest BCUT2D eigenvalue weighted by Gasteiger charge is 2.43. The fourth-order valence-corrected chi connectivity index (χ4v) is 6.66. The molecule has 242 valence electrons. The Morgan fingerprint density at radius 2 is 1.83 bits per heavy atom. The summed E-state index contributed by atoms with van der Waals surface area (Å²) in [6, 6.07) is 16.5. The van der Waals surface area contributed by atoms with Gasteiger partial charge in [-0.05, 0) is 77.1 Å². The van der Waals surface area contributed by atoms with Crippen molar-refractivity contribution < 1.29 is 19.0 Å². The minimum Gasteiger partial charge on any atom is -0.492 e. The Balaban J connectivity index is 1.06. The van der Waals surface area contributed by atoms with Crippen LogP contribution in [-0.2, 0) is 11.3 Å². The van der Waals surface area contributed by atoms with Crippen molar-refractivity contribution in [1.29, 1.82) is 0 Å². The first-order valence-electron chi connectivity index (χ1n) is 16.2. The molecule has 3 aliphatic heterocycles. The number of nitrogens with zero attached hydrogens (tertiary/aromatic N) is 6. The Labute approximate surface area is 274 Å². The molecule has 4 aromatic rings. The third-order valence-corrected chi connectivity index (χ3v) is 9.39. The van der Waals surface area contributed by atoms with Gasteiger partial charge in [-0.3, -0.25) is 4.90 Å². The Hall–Kier alpha value is -3.89. The SMILES string of the molecule is CC(C)(C)OC(=O)N1C[C@@H]2CC[C@@H]1CN2CCOc1ccc(-c2nc3c(OC4(C)CC4)ncnc3n2Cc2ccccc2)c(Cl)c1. The highest BCUT2D eigenvalue weighted by Crippen LogP contribution is 2.41. The van der Waals surface area contributed by atoms with Crippen LogP contribution in [0.5, 0.6) is 11.6 Å². The molecular formula is C35H41ClN6O4. The first-order valence-corrected chi connectivity index (χ1v) is 16.5. The molecule has 3 saturated heterocycles. The normalized spacial score (nSPS) is 20.6. The van der Waals surface area contributed by atoms with Gasteiger partial charge in [0, 0.05) is 37.3 Å². The number of piperidine rings is 2. The lowest BCUT2D eigenvalue weighted by atomic mass is 9.91. The molecule has 5 heterocycles. The largest absolute Gasteiger partial charge is 0.492 e. The lowest BCUT2D eigenvalue weighted by molar-refractivity contribution is -0.0434. The van der Waals surface area contributed by atoms with E-state index in [0.717, 1.165) is 49.9 Å². The molecule has 2 bridgehead atoms. The molecule has 10 nitrogen and oxygen atoms in total. The van der Waals surface area contributed by atoms with Crippen LogP contribution in [0.15, 0.2) is 54.9 Å². The van der Waals surface area contributed by atoms with Gasteiger partial charge in [-0.1, -0.05) is 41.9 Å². The second kappa shape index (κ2) is 12.0. The second-order valence-electron chi connectivity index (χ2n) is 13.9. The third kappa shape index (κ3) is 6.51. The molecule has 1 saturated carbocycles. The Morgan fingerprint density at radius 1 is 1.04 bits per heavy atom. The van der Waals surface area contributed by atoms with Crippen molar-refractivity contribution in [2.75, 3.05) is 26.2 Å². The summed E-state index contributed by atoms with van der Waals surface area (Å²) in [5.74, 6) is 1.89. The summed E-state index contributed by atoms with van der Waals surface area (Å²) in [7, 11) is 0. The molecule has 1 amide bonds. The number of fused-ring (bicyclic) bond motifs is 4. The van der Waals surface area contributed by atoms with E-state index in [1.54, 1.807) is 0 Å². The van der Waals surface area contributed by atoms with Crippen LogP contribution in [0.25, 0.3) is 22.6 Å². The molecule has 0 N–H and O–H groups in total. The predicted molar refractivity (Wildman–Crippen MR) is 176 cm³/mol. The standard InChI is InChI=1S/C35H41ClN6O4/c1-34(2,3)46-33(43)41-21-24-10-11-25(41)20-40(24)16-17-44-26-12-13-27(28(36)18-26)30-39-29-31(42(30)19-23-8-6-5-7-9-23)37-22-38-32(29)45-35(4)14-15-35/h5-9,12-13,18,22,24-25H,10-11,14-17,19-21H2,1-4H3/t24-,25+/m0/s1. The van der Waals surface area contributed by atoms with E-state index >= 15 is 0 Å². The summed E-state index contributed by atoms with van der Waals surface area (Å²) in [6.45, 7) is 11.2. The van der Waals surface area contributed by atoms with Crippen molar-refractivity contribution >= 4 is 28.9 Å². The molecule has 0 spiro atoms. The van der Waals surface area contributed by atoms with Gasteiger partial charge in [0.25, 0.3) is 0 Å². The summed E-state index contributed by atoms with van der Waals surface area (Å²) >= 11 is 6.93. The van der Waals surface area contributed by atoms with E-state index in [-0.39, 0.29) is 17.7 Å². The number of benzene rings is 2. The summed E-state index contributed by atoms with van der Waals surface area (Å²) in [5.41, 5.74) is 2.53. The van der Waals surface area contributed by atoms with Gasteiger partial charge in [-0.25, -0.2) is 14.8 Å². The molecule has 46 heavy (non-hydrogen) atoms. The van der Waals surface area contributed by atoms with Crippen LogP contribution in [-0.4, -0.2) is 84.9 Å². The average Bonchev–Trinajstić information content (AvgIpc) is 3.64. The Bertz CT molecular complexity index is 1730. The van der Waals surface area contributed by atoms with Gasteiger partial charge in [0.1, 0.15) is 35.7 Å². The molecule has 1 aliphatic carbocycles. The summed E-state index contributed by atoms with van der Waals surface area (Å²) in [4.78, 5) is 31.2. The van der Waals surface area contributed by atoms with Crippen LogP contribution in [0.4, 0.5) is 4.79 Å². The zero-order valence-corrected chi connectivity index (χ0v) is 27.7. The number of hydrogen-bond acceptors (Lipinski definition) is 8. The van der Waals surface area contributed by atoms with Crippen molar-refractivity contribution in [3.8, 4) is 23.0 Å². The number of ether oxygens (including phenoxy) is 3. The quantitative estimate of drug-likeness (QED) is 0.201. The van der Waals surface area contributed by atoms with Crippen molar-refractivity contribution in [1.82, 2.24) is 29.3 Å². The Kier molecular flexibility index (Phi) is 8.05. The van der Waals surface area contributed by atoms with E-state index in [1.165, 1.54) is 6.33 Å². The van der Waals surface area contributed by atoms with E-state index in [1.807, 2.05) is 62.1 Å². The third-order valence-electron chi connectivity index (χ3n) is 9.08. The van der Waals surface area contributed by atoms with Gasteiger partial charge in [0.05, 0.1) is 11.6 Å². The van der Waals surface area contributed by atoms with Crippen molar-refractivity contribution in [2.45, 2.75) is 83.2 Å². The molecule has 4 fully saturated rings. The maximum atomic E-state index is 12.7. The van der Waals surface area contributed by atoms with E-state index in [0.29, 0.717) is 59.4 Å². The number of halogens is 1. The van der Waals surface area contributed by atoms with E-state index in [9.17, 15) is 4.79 Å². The number of hydrogen-bond donors (Lipinski definition) is 0. The number of carbonyl (C=O) groups excluding carboxylic acids is 1. The van der Waals surface area contributed by atoms with E-state index in [2.05, 4.69) is 38.5 Å². The molecule has 4 aliphatic rings. The van der Waals surface area contributed by atoms with Crippen molar-refractivity contribution in [3.63, 3.8) is 0 Å². The summed E-state index contributed by atoms with van der Waals surface area (Å²) < 4.78 is 20.2. The highest BCUT2D eigenvalue weighted by molar-refractivity contribution is 6.33. The lowest BCUT2D eigenvalue weighted by Gasteiger charge is -2.51. The van der Waals surface area contributed by atoms with Crippen LogP contribution >= 0.6 is 11.6 Å². The minimum absolute atomic E-state index is 0.173. The second-order valence-corrected chi connectivity index (χ2v) is 14.3. The van der Waals surface area contributed by atoms with Gasteiger partial charge in [-0.15, -0.1) is 0 Å². The maximum Gasteiger partial charge on any atom is 0.410 e. The van der Waals surface area contributed by atoms with Gasteiger partial charge in [0.2, 0.25) is 5.88 Å². The van der Waals surface area contributed by atoms with Crippen LogP contribution in [0.1, 0.15) is 58.9 Å². The maximum absolute atomic E-state index is 12.7. The van der Waals surface area contributed by atoms with Gasteiger partial charge in [0.15, 0.2) is 11.2 Å².